The van der Waals surface area contributed by atoms with E-state index in [2.05, 4.69) is 5.32 Å². The third-order valence-corrected chi connectivity index (χ3v) is 3.68. The molecule has 5 nitrogen and oxygen atoms in total. The standard InChI is InChI=1S/C20H21F3N2O3/c1-13(2)28-18-9-7-17(8-10-18)25(14(3)26)12-19(27)24-16-6-4-5-15(11-16)20(21,22)23/h4-11,13H,12H2,1-3H3,(H,24,27). The Morgan fingerprint density at radius 1 is 1.11 bits per heavy atom. The molecule has 1 N–H and O–H groups in total. The van der Waals surface area contributed by atoms with Gasteiger partial charge in [0.05, 0.1) is 11.7 Å². The van der Waals surface area contributed by atoms with E-state index < -0.39 is 17.6 Å². The first kappa shape index (κ1) is 21.3. The second-order valence-electron chi connectivity index (χ2n) is 6.39. The Labute approximate surface area is 161 Å². The molecule has 0 saturated heterocycles. The van der Waals surface area contributed by atoms with Crippen molar-refractivity contribution in [3.05, 3.63) is 54.1 Å². The van der Waals surface area contributed by atoms with Crippen molar-refractivity contribution in [1.82, 2.24) is 0 Å². The predicted molar refractivity (Wildman–Crippen MR) is 100 cm³/mol. The quantitative estimate of drug-likeness (QED) is 0.786. The van der Waals surface area contributed by atoms with Crippen LogP contribution in [0.4, 0.5) is 24.5 Å². The molecule has 0 aliphatic rings. The number of rotatable bonds is 6. The minimum atomic E-state index is -4.51. The molecule has 0 aliphatic carbocycles. The zero-order valence-corrected chi connectivity index (χ0v) is 15.7. The highest BCUT2D eigenvalue weighted by atomic mass is 19.4. The third kappa shape index (κ3) is 6.00. The number of ether oxygens (including phenoxy) is 1. The highest BCUT2D eigenvalue weighted by Crippen LogP contribution is 2.30. The smallest absolute Gasteiger partial charge is 0.416 e. The topological polar surface area (TPSA) is 58.6 Å². The van der Waals surface area contributed by atoms with Crippen LogP contribution in [0.2, 0.25) is 0 Å². The molecule has 0 atom stereocenters. The zero-order valence-electron chi connectivity index (χ0n) is 15.7. The highest BCUT2D eigenvalue weighted by molar-refractivity contribution is 6.01. The van der Waals surface area contributed by atoms with Crippen molar-refractivity contribution in [1.29, 1.82) is 0 Å². The molecule has 0 spiro atoms. The van der Waals surface area contributed by atoms with Crippen molar-refractivity contribution in [2.75, 3.05) is 16.8 Å². The van der Waals surface area contributed by atoms with Crippen LogP contribution in [0.15, 0.2) is 48.5 Å². The van der Waals surface area contributed by atoms with E-state index in [-0.39, 0.29) is 24.2 Å². The second-order valence-corrected chi connectivity index (χ2v) is 6.39. The number of hydrogen-bond donors (Lipinski definition) is 1. The fraction of sp³-hybridized carbons (Fsp3) is 0.300. The normalized spacial score (nSPS) is 11.2. The molecule has 2 aromatic rings. The Balaban J connectivity index is 2.10. The molecule has 0 heterocycles. The first-order chi connectivity index (χ1) is 13.1. The monoisotopic (exact) mass is 394 g/mol. The van der Waals surface area contributed by atoms with Crippen LogP contribution in [0, 0.1) is 0 Å². The Morgan fingerprint density at radius 2 is 1.75 bits per heavy atom. The molecular formula is C20H21F3N2O3. The summed E-state index contributed by atoms with van der Waals surface area (Å²) < 4.78 is 43.9. The van der Waals surface area contributed by atoms with Gasteiger partial charge in [0.15, 0.2) is 0 Å². The largest absolute Gasteiger partial charge is 0.491 e. The van der Waals surface area contributed by atoms with Crippen LogP contribution < -0.4 is 15.0 Å². The van der Waals surface area contributed by atoms with E-state index >= 15 is 0 Å². The van der Waals surface area contributed by atoms with Gasteiger partial charge < -0.3 is 15.0 Å². The number of nitrogens with zero attached hydrogens (tertiary/aromatic N) is 1. The minimum absolute atomic E-state index is 0.00371. The van der Waals surface area contributed by atoms with Crippen molar-refractivity contribution >= 4 is 23.2 Å². The number of halogens is 3. The van der Waals surface area contributed by atoms with Gasteiger partial charge in [-0.2, -0.15) is 13.2 Å². The van der Waals surface area contributed by atoms with Crippen LogP contribution in [0.1, 0.15) is 26.3 Å². The van der Waals surface area contributed by atoms with Crippen LogP contribution in [0.25, 0.3) is 0 Å². The van der Waals surface area contributed by atoms with Crippen molar-refractivity contribution in [3.63, 3.8) is 0 Å². The average molecular weight is 394 g/mol. The molecule has 8 heteroatoms. The Hall–Kier alpha value is -3.03. The number of carbonyl (C=O) groups is 2. The van der Waals surface area contributed by atoms with Gasteiger partial charge >= 0.3 is 6.18 Å². The lowest BCUT2D eigenvalue weighted by Gasteiger charge is -2.21. The molecule has 0 aromatic heterocycles. The van der Waals surface area contributed by atoms with Gasteiger partial charge in [0, 0.05) is 18.3 Å². The third-order valence-electron chi connectivity index (χ3n) is 3.68. The molecular weight excluding hydrogens is 373 g/mol. The van der Waals surface area contributed by atoms with Gasteiger partial charge in [-0.1, -0.05) is 6.07 Å². The number of benzene rings is 2. The van der Waals surface area contributed by atoms with E-state index in [9.17, 15) is 22.8 Å². The first-order valence-corrected chi connectivity index (χ1v) is 8.58. The lowest BCUT2D eigenvalue weighted by atomic mass is 10.2. The van der Waals surface area contributed by atoms with Crippen LogP contribution in [-0.4, -0.2) is 24.5 Å². The lowest BCUT2D eigenvalue weighted by molar-refractivity contribution is -0.137. The maximum Gasteiger partial charge on any atom is 0.416 e. The summed E-state index contributed by atoms with van der Waals surface area (Å²) in [5, 5.41) is 2.39. The van der Waals surface area contributed by atoms with Gasteiger partial charge in [0.2, 0.25) is 11.8 Å². The summed E-state index contributed by atoms with van der Waals surface area (Å²) in [5.74, 6) is -0.371. The van der Waals surface area contributed by atoms with Crippen molar-refractivity contribution in [2.24, 2.45) is 0 Å². The number of hydrogen-bond acceptors (Lipinski definition) is 3. The van der Waals surface area contributed by atoms with Gasteiger partial charge in [-0.15, -0.1) is 0 Å². The zero-order chi connectivity index (χ0) is 20.9. The van der Waals surface area contributed by atoms with Gasteiger partial charge in [-0.25, -0.2) is 0 Å². The van der Waals surface area contributed by atoms with E-state index in [1.807, 2.05) is 13.8 Å². The molecule has 0 fully saturated rings. The molecule has 28 heavy (non-hydrogen) atoms. The maximum atomic E-state index is 12.8. The molecule has 2 amide bonds. The second kappa shape index (κ2) is 8.77. The summed E-state index contributed by atoms with van der Waals surface area (Å²) in [6.45, 7) is 4.73. The summed E-state index contributed by atoms with van der Waals surface area (Å²) >= 11 is 0. The van der Waals surface area contributed by atoms with Crippen molar-refractivity contribution in [3.8, 4) is 5.75 Å². The summed E-state index contributed by atoms with van der Waals surface area (Å²) in [5.41, 5.74) is -0.388. The van der Waals surface area contributed by atoms with Gasteiger partial charge in [-0.05, 0) is 56.3 Å². The predicted octanol–water partition coefficient (Wildman–Crippen LogP) is 4.48. The number of nitrogens with one attached hydrogen (secondary N) is 1. The fourth-order valence-corrected chi connectivity index (χ4v) is 2.48. The number of carbonyl (C=O) groups excluding carboxylic acids is 2. The Morgan fingerprint density at radius 3 is 2.29 bits per heavy atom. The highest BCUT2D eigenvalue weighted by Gasteiger charge is 2.30. The molecule has 0 saturated carbocycles. The first-order valence-electron chi connectivity index (χ1n) is 8.58. The van der Waals surface area contributed by atoms with Crippen LogP contribution in [-0.2, 0) is 15.8 Å². The molecule has 0 unspecified atom stereocenters. The average Bonchev–Trinajstić information content (AvgIpc) is 2.59. The van der Waals surface area contributed by atoms with E-state index in [4.69, 9.17) is 4.74 Å². The van der Waals surface area contributed by atoms with Crippen LogP contribution in [0.3, 0.4) is 0 Å². The van der Waals surface area contributed by atoms with E-state index in [1.165, 1.54) is 24.0 Å². The fourth-order valence-electron chi connectivity index (χ4n) is 2.48. The molecule has 2 aromatic carbocycles. The summed E-state index contributed by atoms with van der Waals surface area (Å²) in [7, 11) is 0. The maximum absolute atomic E-state index is 12.8. The summed E-state index contributed by atoms with van der Waals surface area (Å²) in [6.07, 6.45) is -4.51. The lowest BCUT2D eigenvalue weighted by Crippen LogP contribution is -2.36. The minimum Gasteiger partial charge on any atom is -0.491 e. The van der Waals surface area contributed by atoms with Crippen molar-refractivity contribution in [2.45, 2.75) is 33.1 Å². The van der Waals surface area contributed by atoms with Crippen LogP contribution in [0.5, 0.6) is 5.75 Å². The number of amides is 2. The SMILES string of the molecule is CC(=O)N(CC(=O)Nc1cccc(C(F)(F)F)c1)c1ccc(OC(C)C)cc1. The van der Waals surface area contributed by atoms with Gasteiger partial charge in [0.25, 0.3) is 0 Å². The molecule has 0 radical (unpaired) electrons. The molecule has 2 rings (SSSR count). The molecule has 0 bridgehead atoms. The van der Waals surface area contributed by atoms with Crippen LogP contribution >= 0.6 is 0 Å². The van der Waals surface area contributed by atoms with Gasteiger partial charge in [-0.3, -0.25) is 9.59 Å². The Kier molecular flexibility index (Phi) is 6.66. The summed E-state index contributed by atoms with van der Waals surface area (Å²) in [6, 6.07) is 10.9. The summed E-state index contributed by atoms with van der Waals surface area (Å²) in [4.78, 5) is 25.4. The van der Waals surface area contributed by atoms with Crippen molar-refractivity contribution < 1.29 is 27.5 Å². The molecule has 0 aliphatic heterocycles. The number of alkyl halides is 3. The molecule has 150 valence electrons. The van der Waals surface area contributed by atoms with Gasteiger partial charge in [0.1, 0.15) is 12.3 Å². The Bertz CT molecular complexity index is 833. The van der Waals surface area contributed by atoms with E-state index in [0.717, 1.165) is 12.1 Å². The van der Waals surface area contributed by atoms with E-state index in [1.54, 1.807) is 24.3 Å². The number of anilines is 2. The van der Waals surface area contributed by atoms with E-state index in [0.29, 0.717) is 11.4 Å².